The summed E-state index contributed by atoms with van der Waals surface area (Å²) in [6, 6.07) is 11.5. The zero-order chi connectivity index (χ0) is 49.6. The van der Waals surface area contributed by atoms with Crippen molar-refractivity contribution in [3.05, 3.63) is 60.3 Å². The van der Waals surface area contributed by atoms with E-state index in [1.54, 1.807) is 72.6 Å². The Bertz CT molecular complexity index is 1890. The van der Waals surface area contributed by atoms with Crippen LogP contribution in [0.4, 0.5) is 4.79 Å². The Morgan fingerprint density at radius 2 is 1.55 bits per heavy atom. The number of likely N-dealkylation sites (tertiary alicyclic amines) is 1. The molecule has 10 atom stereocenters. The molecular formula is C50H78N6O9S2. The Hall–Kier alpha value is -3.90. The third-order valence-electron chi connectivity index (χ3n) is 13.7. The van der Waals surface area contributed by atoms with Crippen LogP contribution in [0.2, 0.25) is 0 Å². The maximum atomic E-state index is 14.7. The van der Waals surface area contributed by atoms with Crippen LogP contribution in [0.5, 0.6) is 0 Å². The topological polar surface area (TPSA) is 180 Å². The first-order chi connectivity index (χ1) is 31.8. The standard InChI is InChI=1S/C50H78N6O9S2/c1-13-33(6)43(38(63-11)29-40(57)56-28-19-23-37(56)45(64-12)34(7)46(59)52-35(8)44(58)36-21-15-14-16-22-36)54(9)48(61)41(31(2)3)53-47(60)42(32(4)5)55(10)49(62)65-30-50(25-20-26-50)67-66-39-24-17-18-27-51-39/h14-18,21-22,24,27,31-35,37-38,41-45,58H,13,19-20,23,25-26,28-30H2,1-12H3,(H,52,59)(H,53,60)/t33-,34+,35+,37-,38+,41-,42-,43-,44+,45+/m0/s1. The van der Waals surface area contributed by atoms with Crippen LogP contribution in [0.25, 0.3) is 0 Å². The Morgan fingerprint density at radius 3 is 2.10 bits per heavy atom. The number of pyridine rings is 1. The van der Waals surface area contributed by atoms with Crippen LogP contribution >= 0.6 is 21.6 Å². The molecule has 17 heteroatoms. The van der Waals surface area contributed by atoms with Gasteiger partial charge in [0.2, 0.25) is 23.6 Å². The van der Waals surface area contributed by atoms with Crippen LogP contribution < -0.4 is 10.6 Å². The van der Waals surface area contributed by atoms with E-state index in [1.165, 1.54) is 12.0 Å². The van der Waals surface area contributed by atoms with Gasteiger partial charge >= 0.3 is 6.09 Å². The van der Waals surface area contributed by atoms with Gasteiger partial charge in [0, 0.05) is 41.1 Å². The number of amides is 5. The molecule has 1 aromatic carbocycles. The average molecular weight is 971 g/mol. The van der Waals surface area contributed by atoms with Gasteiger partial charge in [-0.25, -0.2) is 9.78 Å². The minimum Gasteiger partial charge on any atom is -0.448 e. The van der Waals surface area contributed by atoms with E-state index >= 15 is 0 Å². The molecule has 5 amide bonds. The van der Waals surface area contributed by atoms with E-state index in [9.17, 15) is 29.1 Å². The normalized spacial score (nSPS) is 19.7. The molecule has 0 unspecified atom stereocenters. The van der Waals surface area contributed by atoms with E-state index in [-0.39, 0.29) is 59.3 Å². The molecule has 3 N–H and O–H groups in total. The molecule has 1 aliphatic carbocycles. The number of rotatable bonds is 25. The molecule has 2 aliphatic rings. The maximum Gasteiger partial charge on any atom is 0.410 e. The second-order valence-electron chi connectivity index (χ2n) is 19.2. The Labute approximate surface area is 407 Å². The molecule has 4 rings (SSSR count). The lowest BCUT2D eigenvalue weighted by Crippen LogP contribution is -2.60. The predicted molar refractivity (Wildman–Crippen MR) is 264 cm³/mol. The fourth-order valence-electron chi connectivity index (χ4n) is 9.34. The fourth-order valence-corrected chi connectivity index (χ4v) is 12.1. The molecule has 1 saturated heterocycles. The van der Waals surface area contributed by atoms with E-state index in [4.69, 9.17) is 14.2 Å². The third-order valence-corrected chi connectivity index (χ3v) is 16.9. The number of ether oxygens (including phenoxy) is 3. The SMILES string of the molecule is CC[C@H](C)[C@@H]([C@@H](CC(=O)N1CCC[C@H]1[C@H](OC)[C@@H](C)C(=O)N[C@H](C)[C@@H](O)c1ccccc1)OC)N(C)C(=O)[C@@H](NC(=O)[C@H](C(C)C)N(C)C(=O)OCC1(SSc2ccccn2)CCC1)C(C)C. The molecular weight excluding hydrogens is 893 g/mol. The quantitative estimate of drug-likeness (QED) is 0.0859. The van der Waals surface area contributed by atoms with E-state index in [2.05, 4.69) is 15.6 Å². The summed E-state index contributed by atoms with van der Waals surface area (Å²) in [6.45, 7) is 15.7. The number of methoxy groups -OCH3 is 2. The van der Waals surface area contributed by atoms with Crippen molar-refractivity contribution in [1.29, 1.82) is 0 Å². The second kappa shape index (κ2) is 26.2. The van der Waals surface area contributed by atoms with Crippen LogP contribution in [0.3, 0.4) is 0 Å². The lowest BCUT2D eigenvalue weighted by atomic mass is 9.85. The van der Waals surface area contributed by atoms with Crippen molar-refractivity contribution in [2.75, 3.05) is 41.5 Å². The summed E-state index contributed by atoms with van der Waals surface area (Å²) in [5, 5.41) is 17.7. The smallest absolute Gasteiger partial charge is 0.410 e. The number of aliphatic hydroxyl groups excluding tert-OH is 1. The number of aliphatic hydroxyl groups is 1. The van der Waals surface area contributed by atoms with Crippen LogP contribution in [0.1, 0.15) is 112 Å². The minimum atomic E-state index is -0.948. The highest BCUT2D eigenvalue weighted by molar-refractivity contribution is 8.77. The molecule has 1 aromatic heterocycles. The van der Waals surface area contributed by atoms with Crippen molar-refractivity contribution in [1.82, 2.24) is 30.3 Å². The first-order valence-corrected chi connectivity index (χ1v) is 26.1. The van der Waals surface area contributed by atoms with Crippen LogP contribution in [0.15, 0.2) is 59.8 Å². The number of carbonyl (C=O) groups excluding carboxylic acids is 5. The lowest BCUT2D eigenvalue weighted by Gasteiger charge is -2.41. The van der Waals surface area contributed by atoms with Crippen molar-refractivity contribution in [3.63, 3.8) is 0 Å². The highest BCUT2D eigenvalue weighted by atomic mass is 33.1. The Morgan fingerprint density at radius 1 is 0.881 bits per heavy atom. The fraction of sp³-hybridized carbons (Fsp3) is 0.680. The molecule has 374 valence electrons. The van der Waals surface area contributed by atoms with Crippen molar-refractivity contribution in [3.8, 4) is 0 Å². The van der Waals surface area contributed by atoms with Gasteiger partial charge in [-0.15, -0.1) is 0 Å². The van der Waals surface area contributed by atoms with Gasteiger partial charge in [-0.05, 0) is 78.9 Å². The largest absolute Gasteiger partial charge is 0.448 e. The molecule has 0 bridgehead atoms. The molecule has 67 heavy (non-hydrogen) atoms. The number of aromatic nitrogens is 1. The summed E-state index contributed by atoms with van der Waals surface area (Å²) in [6.07, 6.45) is 3.78. The molecule has 0 spiro atoms. The van der Waals surface area contributed by atoms with E-state index in [0.29, 0.717) is 24.9 Å². The summed E-state index contributed by atoms with van der Waals surface area (Å²) in [4.78, 5) is 79.5. The first-order valence-electron chi connectivity index (χ1n) is 23.9. The van der Waals surface area contributed by atoms with Gasteiger partial charge in [-0.3, -0.25) is 24.1 Å². The Kier molecular flexibility index (Phi) is 21.8. The monoisotopic (exact) mass is 971 g/mol. The van der Waals surface area contributed by atoms with Gasteiger partial charge in [0.05, 0.1) is 53.5 Å². The third kappa shape index (κ3) is 14.6. The maximum absolute atomic E-state index is 14.7. The number of nitrogens with one attached hydrogen (secondary N) is 2. The molecule has 2 aromatic rings. The minimum absolute atomic E-state index is 0.0282. The van der Waals surface area contributed by atoms with Gasteiger partial charge in [-0.2, -0.15) is 0 Å². The Balaban J connectivity index is 1.43. The van der Waals surface area contributed by atoms with E-state index in [1.807, 2.05) is 90.1 Å². The summed E-state index contributed by atoms with van der Waals surface area (Å²) < 4.78 is 17.7. The highest BCUT2D eigenvalue weighted by Gasteiger charge is 2.45. The molecule has 1 aliphatic heterocycles. The van der Waals surface area contributed by atoms with Gasteiger partial charge in [-0.1, -0.05) is 108 Å². The van der Waals surface area contributed by atoms with E-state index < -0.39 is 60.4 Å². The van der Waals surface area contributed by atoms with Crippen LogP contribution in [-0.4, -0.2) is 143 Å². The number of likely N-dealkylation sites (N-methyl/N-ethyl adjacent to an activating group) is 2. The van der Waals surface area contributed by atoms with E-state index in [0.717, 1.165) is 30.7 Å². The summed E-state index contributed by atoms with van der Waals surface area (Å²) >= 11 is 0. The van der Waals surface area contributed by atoms with Gasteiger partial charge < -0.3 is 39.8 Å². The highest BCUT2D eigenvalue weighted by Crippen LogP contribution is 2.51. The molecule has 15 nitrogen and oxygen atoms in total. The van der Waals surface area contributed by atoms with Crippen molar-refractivity contribution in [2.45, 2.75) is 159 Å². The number of hydrogen-bond donors (Lipinski definition) is 3. The molecule has 2 heterocycles. The van der Waals surface area contributed by atoms with Crippen molar-refractivity contribution < 1.29 is 43.3 Å². The van der Waals surface area contributed by atoms with Crippen molar-refractivity contribution in [2.24, 2.45) is 23.7 Å². The van der Waals surface area contributed by atoms with Crippen LogP contribution in [0, 0.1) is 23.7 Å². The van der Waals surface area contributed by atoms with Crippen molar-refractivity contribution >= 4 is 51.3 Å². The summed E-state index contributed by atoms with van der Waals surface area (Å²) in [7, 11) is 9.56. The first kappa shape index (κ1) is 55.7. The number of hydrogen-bond acceptors (Lipinski definition) is 12. The molecule has 2 fully saturated rings. The number of benzene rings is 1. The second-order valence-corrected chi connectivity index (χ2v) is 21.8. The lowest BCUT2D eigenvalue weighted by molar-refractivity contribution is -0.148. The zero-order valence-corrected chi connectivity index (χ0v) is 43.4. The number of carbonyl (C=O) groups is 5. The van der Waals surface area contributed by atoms with Gasteiger partial charge in [0.25, 0.3) is 0 Å². The molecule has 0 radical (unpaired) electrons. The predicted octanol–water partition coefficient (Wildman–Crippen LogP) is 7.14. The molecule has 1 saturated carbocycles. The van der Waals surface area contributed by atoms with Gasteiger partial charge in [0.15, 0.2) is 0 Å². The average Bonchev–Trinajstić information content (AvgIpc) is 3.79. The zero-order valence-electron chi connectivity index (χ0n) is 41.8. The number of nitrogens with zero attached hydrogens (tertiary/aromatic N) is 4. The summed E-state index contributed by atoms with van der Waals surface area (Å²) in [5.74, 6) is -2.64. The van der Waals surface area contributed by atoms with Crippen LogP contribution in [-0.2, 0) is 33.4 Å². The summed E-state index contributed by atoms with van der Waals surface area (Å²) in [5.41, 5.74) is 0.695. The van der Waals surface area contributed by atoms with Gasteiger partial charge in [0.1, 0.15) is 23.7 Å².